The zero-order valence-corrected chi connectivity index (χ0v) is 9.39. The predicted octanol–water partition coefficient (Wildman–Crippen LogP) is 2.05. The second kappa shape index (κ2) is 4.01. The van der Waals surface area contributed by atoms with E-state index in [9.17, 15) is 5.11 Å². The molecule has 2 rings (SSSR count). The van der Waals surface area contributed by atoms with E-state index < -0.39 is 0 Å². The third kappa shape index (κ3) is 1.60. The SMILES string of the molecule is CC(CO)(c1cccs1)N1CCCC1. The molecule has 2 nitrogen and oxygen atoms in total. The van der Waals surface area contributed by atoms with Crippen LogP contribution in [0.25, 0.3) is 0 Å². The van der Waals surface area contributed by atoms with Gasteiger partial charge in [-0.2, -0.15) is 0 Å². The number of aliphatic hydroxyl groups excluding tert-OH is 1. The van der Waals surface area contributed by atoms with Crippen LogP contribution in [0.15, 0.2) is 17.5 Å². The van der Waals surface area contributed by atoms with E-state index in [1.165, 1.54) is 17.7 Å². The lowest BCUT2D eigenvalue weighted by Crippen LogP contribution is -2.44. The van der Waals surface area contributed by atoms with Crippen molar-refractivity contribution in [3.05, 3.63) is 22.4 Å². The van der Waals surface area contributed by atoms with Crippen LogP contribution in [0.4, 0.5) is 0 Å². The number of likely N-dealkylation sites (tertiary alicyclic amines) is 1. The van der Waals surface area contributed by atoms with Crippen LogP contribution in [0.2, 0.25) is 0 Å². The average molecular weight is 211 g/mol. The molecule has 1 aromatic rings. The lowest BCUT2D eigenvalue weighted by molar-refractivity contribution is 0.0630. The van der Waals surface area contributed by atoms with Gasteiger partial charge < -0.3 is 5.11 Å². The summed E-state index contributed by atoms with van der Waals surface area (Å²) >= 11 is 1.74. The molecule has 0 amide bonds. The lowest BCUT2D eigenvalue weighted by Gasteiger charge is -2.36. The number of thiophene rings is 1. The molecule has 3 heteroatoms. The van der Waals surface area contributed by atoms with Gasteiger partial charge in [-0.05, 0) is 44.3 Å². The van der Waals surface area contributed by atoms with Crippen molar-refractivity contribution >= 4 is 11.3 Å². The van der Waals surface area contributed by atoms with E-state index in [-0.39, 0.29) is 12.1 Å². The summed E-state index contributed by atoms with van der Waals surface area (Å²) in [6, 6.07) is 4.18. The average Bonchev–Trinajstić information content (AvgIpc) is 2.88. The Balaban J connectivity index is 2.24. The largest absolute Gasteiger partial charge is 0.394 e. The lowest BCUT2D eigenvalue weighted by atomic mass is 9.99. The van der Waals surface area contributed by atoms with E-state index in [4.69, 9.17) is 0 Å². The minimum absolute atomic E-state index is 0.148. The molecule has 14 heavy (non-hydrogen) atoms. The fourth-order valence-electron chi connectivity index (χ4n) is 2.13. The van der Waals surface area contributed by atoms with Gasteiger partial charge in [-0.25, -0.2) is 0 Å². The second-order valence-electron chi connectivity index (χ2n) is 4.10. The molecule has 1 unspecified atom stereocenters. The molecule has 1 aliphatic rings. The Morgan fingerprint density at radius 2 is 2.21 bits per heavy atom. The molecule has 0 spiro atoms. The van der Waals surface area contributed by atoms with Gasteiger partial charge in [0.05, 0.1) is 12.1 Å². The quantitative estimate of drug-likeness (QED) is 0.827. The molecule has 0 radical (unpaired) electrons. The molecule has 0 aliphatic carbocycles. The smallest absolute Gasteiger partial charge is 0.0758 e. The molecule has 0 saturated carbocycles. The maximum atomic E-state index is 9.58. The van der Waals surface area contributed by atoms with Crippen LogP contribution in [0.5, 0.6) is 0 Å². The van der Waals surface area contributed by atoms with Gasteiger partial charge in [-0.3, -0.25) is 4.90 Å². The second-order valence-corrected chi connectivity index (χ2v) is 5.05. The number of hydrogen-bond donors (Lipinski definition) is 1. The maximum absolute atomic E-state index is 9.58. The zero-order valence-electron chi connectivity index (χ0n) is 8.57. The molecule has 78 valence electrons. The van der Waals surface area contributed by atoms with Crippen LogP contribution in [0, 0.1) is 0 Å². The zero-order chi connectivity index (χ0) is 10.0. The van der Waals surface area contributed by atoms with Gasteiger partial charge in [-0.15, -0.1) is 11.3 Å². The normalized spacial score (nSPS) is 22.4. The highest BCUT2D eigenvalue weighted by Crippen LogP contribution is 2.33. The van der Waals surface area contributed by atoms with E-state index in [0.29, 0.717) is 0 Å². The van der Waals surface area contributed by atoms with Gasteiger partial charge in [0.2, 0.25) is 0 Å². The first kappa shape index (κ1) is 10.1. The molecular weight excluding hydrogens is 194 g/mol. The fourth-order valence-corrected chi connectivity index (χ4v) is 3.04. The molecular formula is C11H17NOS. The summed E-state index contributed by atoms with van der Waals surface area (Å²) < 4.78 is 0. The predicted molar refractivity (Wildman–Crippen MR) is 59.6 cm³/mol. The maximum Gasteiger partial charge on any atom is 0.0758 e. The topological polar surface area (TPSA) is 23.5 Å². The van der Waals surface area contributed by atoms with Crippen molar-refractivity contribution in [1.82, 2.24) is 4.90 Å². The van der Waals surface area contributed by atoms with Gasteiger partial charge in [0.1, 0.15) is 0 Å². The highest BCUT2D eigenvalue weighted by Gasteiger charge is 2.35. The molecule has 1 saturated heterocycles. The number of aliphatic hydroxyl groups is 1. The molecule has 1 atom stereocenters. The summed E-state index contributed by atoms with van der Waals surface area (Å²) in [6.45, 7) is 4.60. The summed E-state index contributed by atoms with van der Waals surface area (Å²) in [6.07, 6.45) is 2.53. The summed E-state index contributed by atoms with van der Waals surface area (Å²) in [5.74, 6) is 0. The molecule has 2 heterocycles. The Hall–Kier alpha value is -0.380. The molecule has 0 aromatic carbocycles. The van der Waals surface area contributed by atoms with Gasteiger partial charge in [-0.1, -0.05) is 6.07 Å². The minimum Gasteiger partial charge on any atom is -0.394 e. The van der Waals surface area contributed by atoms with E-state index in [2.05, 4.69) is 29.3 Å². The van der Waals surface area contributed by atoms with Crippen LogP contribution in [0.1, 0.15) is 24.6 Å². The first-order valence-corrected chi connectivity index (χ1v) is 6.05. The molecule has 1 aliphatic heterocycles. The van der Waals surface area contributed by atoms with Crippen LogP contribution in [0.3, 0.4) is 0 Å². The summed E-state index contributed by atoms with van der Waals surface area (Å²) in [7, 11) is 0. The van der Waals surface area contributed by atoms with Crippen molar-refractivity contribution in [2.75, 3.05) is 19.7 Å². The van der Waals surface area contributed by atoms with Gasteiger partial charge in [0.25, 0.3) is 0 Å². The Bertz CT molecular complexity index is 279. The standard InChI is InChI=1S/C11H17NOS/c1-11(9-13,10-5-4-8-14-10)12-6-2-3-7-12/h4-5,8,13H,2-3,6-7,9H2,1H3. The van der Waals surface area contributed by atoms with Crippen molar-refractivity contribution in [3.8, 4) is 0 Å². The van der Waals surface area contributed by atoms with E-state index in [1.54, 1.807) is 11.3 Å². The van der Waals surface area contributed by atoms with Crippen molar-refractivity contribution in [2.24, 2.45) is 0 Å². The van der Waals surface area contributed by atoms with Crippen molar-refractivity contribution < 1.29 is 5.11 Å². The van der Waals surface area contributed by atoms with E-state index in [0.717, 1.165) is 13.1 Å². The Morgan fingerprint density at radius 1 is 1.50 bits per heavy atom. The first-order chi connectivity index (χ1) is 6.77. The Morgan fingerprint density at radius 3 is 2.71 bits per heavy atom. The Kier molecular flexibility index (Phi) is 2.91. The van der Waals surface area contributed by atoms with Gasteiger partial charge in [0, 0.05) is 4.88 Å². The van der Waals surface area contributed by atoms with Crippen LogP contribution >= 0.6 is 11.3 Å². The van der Waals surface area contributed by atoms with E-state index >= 15 is 0 Å². The van der Waals surface area contributed by atoms with Crippen molar-refractivity contribution in [1.29, 1.82) is 0 Å². The van der Waals surface area contributed by atoms with Crippen LogP contribution < -0.4 is 0 Å². The monoisotopic (exact) mass is 211 g/mol. The Labute approximate surface area is 89.2 Å². The first-order valence-electron chi connectivity index (χ1n) is 5.17. The third-order valence-corrected chi connectivity index (χ3v) is 4.29. The highest BCUT2D eigenvalue weighted by molar-refractivity contribution is 7.10. The molecule has 1 N–H and O–H groups in total. The van der Waals surface area contributed by atoms with Crippen LogP contribution in [-0.4, -0.2) is 29.7 Å². The third-order valence-electron chi connectivity index (χ3n) is 3.16. The summed E-state index contributed by atoms with van der Waals surface area (Å²) in [4.78, 5) is 3.68. The van der Waals surface area contributed by atoms with Crippen molar-refractivity contribution in [3.63, 3.8) is 0 Å². The number of nitrogens with zero attached hydrogens (tertiary/aromatic N) is 1. The minimum atomic E-state index is -0.148. The summed E-state index contributed by atoms with van der Waals surface area (Å²) in [5, 5.41) is 11.7. The van der Waals surface area contributed by atoms with Gasteiger partial charge >= 0.3 is 0 Å². The van der Waals surface area contributed by atoms with Crippen molar-refractivity contribution in [2.45, 2.75) is 25.3 Å². The van der Waals surface area contributed by atoms with E-state index in [1.807, 2.05) is 0 Å². The van der Waals surface area contributed by atoms with Crippen LogP contribution in [-0.2, 0) is 5.54 Å². The fraction of sp³-hybridized carbons (Fsp3) is 0.636. The van der Waals surface area contributed by atoms with Gasteiger partial charge in [0.15, 0.2) is 0 Å². The number of hydrogen-bond acceptors (Lipinski definition) is 3. The number of rotatable bonds is 3. The summed E-state index contributed by atoms with van der Waals surface area (Å²) in [5.41, 5.74) is -0.148. The highest BCUT2D eigenvalue weighted by atomic mass is 32.1. The molecule has 1 aromatic heterocycles. The molecule has 1 fully saturated rings. The molecule has 0 bridgehead atoms.